The van der Waals surface area contributed by atoms with Crippen molar-refractivity contribution in [1.29, 1.82) is 0 Å². The largest absolute Gasteiger partial charge is 0.355 e. The Morgan fingerprint density at radius 1 is 1.10 bits per heavy atom. The third kappa shape index (κ3) is 3.06. The average Bonchev–Trinajstić information content (AvgIpc) is 2.66. The number of hydrogen-bond acceptors (Lipinski definition) is 3. The monoisotopic (exact) mass is 281 g/mol. The number of nitrogens with one attached hydrogen (secondary N) is 3. The van der Waals surface area contributed by atoms with E-state index in [1.807, 2.05) is 18.2 Å². The molecule has 0 bridgehead atoms. The molecule has 0 unspecified atom stereocenters. The van der Waals surface area contributed by atoms with Crippen LogP contribution in [0.1, 0.15) is 11.1 Å². The van der Waals surface area contributed by atoms with Gasteiger partial charge in [0.05, 0.1) is 6.54 Å². The molecule has 0 spiro atoms. The highest BCUT2D eigenvalue weighted by Gasteiger charge is 2.13. The normalized spacial score (nSPS) is 12.6. The van der Waals surface area contributed by atoms with Crippen molar-refractivity contribution in [3.8, 4) is 0 Å². The van der Waals surface area contributed by atoms with Gasteiger partial charge in [-0.15, -0.1) is 0 Å². The van der Waals surface area contributed by atoms with Crippen LogP contribution in [0.25, 0.3) is 0 Å². The van der Waals surface area contributed by atoms with Crippen molar-refractivity contribution in [2.45, 2.75) is 12.8 Å². The Morgan fingerprint density at radius 3 is 2.67 bits per heavy atom. The Labute approximate surface area is 124 Å². The number of carbonyl (C=O) groups is 1. The first-order valence-corrected chi connectivity index (χ1v) is 7.18. The molecule has 3 rings (SSSR count). The molecule has 0 atom stereocenters. The standard InChI is InChI=1S/C17H19N3O/c1-18-11-17(21)19-14-9-8-13-7-6-12-4-2-3-5-15(12)20-16(13)10-14/h2-5,8-10,18,20H,6-7,11H2,1H3,(H,19,21). The van der Waals surface area contributed by atoms with E-state index in [4.69, 9.17) is 0 Å². The lowest BCUT2D eigenvalue weighted by Crippen LogP contribution is -2.25. The number of rotatable bonds is 3. The lowest BCUT2D eigenvalue weighted by Gasteiger charge is -2.12. The van der Waals surface area contributed by atoms with Crippen molar-refractivity contribution in [3.63, 3.8) is 0 Å². The molecule has 108 valence electrons. The van der Waals surface area contributed by atoms with Gasteiger partial charge in [0, 0.05) is 17.1 Å². The van der Waals surface area contributed by atoms with Gasteiger partial charge in [0.15, 0.2) is 0 Å². The number of amides is 1. The van der Waals surface area contributed by atoms with E-state index in [1.54, 1.807) is 7.05 Å². The van der Waals surface area contributed by atoms with Gasteiger partial charge in [-0.05, 0) is 49.2 Å². The maximum absolute atomic E-state index is 11.7. The van der Waals surface area contributed by atoms with Crippen LogP contribution in [0.4, 0.5) is 17.1 Å². The summed E-state index contributed by atoms with van der Waals surface area (Å²) in [5, 5.41) is 9.22. The Balaban J connectivity index is 1.86. The molecule has 1 amide bonds. The molecular formula is C17H19N3O. The molecule has 4 nitrogen and oxygen atoms in total. The molecule has 21 heavy (non-hydrogen) atoms. The average molecular weight is 281 g/mol. The van der Waals surface area contributed by atoms with Crippen LogP contribution in [-0.2, 0) is 17.6 Å². The van der Waals surface area contributed by atoms with Crippen LogP contribution in [0.15, 0.2) is 42.5 Å². The molecule has 4 heteroatoms. The van der Waals surface area contributed by atoms with Crippen molar-refractivity contribution in [1.82, 2.24) is 5.32 Å². The zero-order valence-corrected chi connectivity index (χ0v) is 12.1. The summed E-state index contributed by atoms with van der Waals surface area (Å²) in [4.78, 5) is 11.7. The molecule has 2 aromatic rings. The third-order valence-corrected chi connectivity index (χ3v) is 3.68. The van der Waals surface area contributed by atoms with E-state index < -0.39 is 0 Å². The Bertz CT molecular complexity index is 667. The van der Waals surface area contributed by atoms with E-state index >= 15 is 0 Å². The smallest absolute Gasteiger partial charge is 0.238 e. The molecule has 1 aliphatic rings. The second-order valence-corrected chi connectivity index (χ2v) is 5.23. The first-order valence-electron chi connectivity index (χ1n) is 7.18. The van der Waals surface area contributed by atoms with Gasteiger partial charge in [0.1, 0.15) is 0 Å². The SMILES string of the molecule is CNCC(=O)Nc1ccc2c(c1)Nc1ccccc1CC2. The van der Waals surface area contributed by atoms with Crippen molar-refractivity contribution in [3.05, 3.63) is 53.6 Å². The fraction of sp³-hybridized carbons (Fsp3) is 0.235. The Kier molecular flexibility index (Phi) is 3.88. The number of carbonyl (C=O) groups excluding carboxylic acids is 1. The molecule has 0 aromatic heterocycles. The molecule has 0 aliphatic carbocycles. The molecular weight excluding hydrogens is 262 g/mol. The van der Waals surface area contributed by atoms with Gasteiger partial charge in [-0.3, -0.25) is 4.79 Å². The van der Waals surface area contributed by atoms with Crippen LogP contribution in [0.2, 0.25) is 0 Å². The van der Waals surface area contributed by atoms with Gasteiger partial charge in [-0.2, -0.15) is 0 Å². The van der Waals surface area contributed by atoms with Crippen LogP contribution in [0, 0.1) is 0 Å². The number of hydrogen-bond donors (Lipinski definition) is 3. The van der Waals surface area contributed by atoms with Gasteiger partial charge < -0.3 is 16.0 Å². The van der Waals surface area contributed by atoms with E-state index in [1.165, 1.54) is 11.1 Å². The Morgan fingerprint density at radius 2 is 1.86 bits per heavy atom. The number of para-hydroxylation sites is 1. The number of anilines is 3. The van der Waals surface area contributed by atoms with Gasteiger partial charge >= 0.3 is 0 Å². The van der Waals surface area contributed by atoms with Crippen molar-refractivity contribution >= 4 is 23.0 Å². The summed E-state index contributed by atoms with van der Waals surface area (Å²) in [6.45, 7) is 0.313. The fourth-order valence-electron chi connectivity index (χ4n) is 2.63. The molecule has 0 radical (unpaired) electrons. The highest BCUT2D eigenvalue weighted by molar-refractivity contribution is 5.93. The maximum Gasteiger partial charge on any atom is 0.238 e. The quantitative estimate of drug-likeness (QED) is 0.811. The summed E-state index contributed by atoms with van der Waals surface area (Å²) in [5.41, 5.74) is 5.64. The van der Waals surface area contributed by atoms with Gasteiger partial charge in [0.2, 0.25) is 5.91 Å². The zero-order chi connectivity index (χ0) is 14.7. The van der Waals surface area contributed by atoms with E-state index in [9.17, 15) is 4.79 Å². The Hall–Kier alpha value is -2.33. The summed E-state index contributed by atoms with van der Waals surface area (Å²) in [5.74, 6) is -0.0357. The van der Waals surface area contributed by atoms with Crippen molar-refractivity contribution in [2.75, 3.05) is 24.2 Å². The number of likely N-dealkylation sites (N-methyl/N-ethyl adjacent to an activating group) is 1. The minimum atomic E-state index is -0.0357. The van der Waals surface area contributed by atoms with Gasteiger partial charge in [-0.1, -0.05) is 24.3 Å². The predicted octanol–water partition coefficient (Wildman–Crippen LogP) is 2.69. The first-order chi connectivity index (χ1) is 10.3. The van der Waals surface area contributed by atoms with E-state index in [0.717, 1.165) is 29.9 Å². The van der Waals surface area contributed by atoms with E-state index in [-0.39, 0.29) is 5.91 Å². The van der Waals surface area contributed by atoms with Crippen LogP contribution < -0.4 is 16.0 Å². The minimum Gasteiger partial charge on any atom is -0.355 e. The van der Waals surface area contributed by atoms with Gasteiger partial charge in [0.25, 0.3) is 0 Å². The van der Waals surface area contributed by atoms with Crippen molar-refractivity contribution < 1.29 is 4.79 Å². The van der Waals surface area contributed by atoms with Crippen LogP contribution in [0.3, 0.4) is 0 Å². The van der Waals surface area contributed by atoms with E-state index in [2.05, 4.69) is 40.2 Å². The summed E-state index contributed by atoms with van der Waals surface area (Å²) in [6, 6.07) is 14.4. The van der Waals surface area contributed by atoms with Crippen LogP contribution >= 0.6 is 0 Å². The second-order valence-electron chi connectivity index (χ2n) is 5.23. The lowest BCUT2D eigenvalue weighted by atomic mass is 10.0. The molecule has 0 saturated heterocycles. The number of fused-ring (bicyclic) bond motifs is 2. The molecule has 0 saturated carbocycles. The molecule has 3 N–H and O–H groups in total. The third-order valence-electron chi connectivity index (χ3n) is 3.68. The summed E-state index contributed by atoms with van der Waals surface area (Å²) in [7, 11) is 1.76. The van der Waals surface area contributed by atoms with E-state index in [0.29, 0.717) is 6.54 Å². The maximum atomic E-state index is 11.7. The lowest BCUT2D eigenvalue weighted by molar-refractivity contribution is -0.115. The molecule has 0 fully saturated rings. The first kappa shape index (κ1) is 13.6. The summed E-state index contributed by atoms with van der Waals surface area (Å²) < 4.78 is 0. The van der Waals surface area contributed by atoms with Crippen LogP contribution in [0.5, 0.6) is 0 Å². The highest BCUT2D eigenvalue weighted by Crippen LogP contribution is 2.31. The molecule has 1 aliphatic heterocycles. The minimum absolute atomic E-state index is 0.0357. The topological polar surface area (TPSA) is 53.2 Å². The molecule has 2 aromatic carbocycles. The summed E-state index contributed by atoms with van der Waals surface area (Å²) in [6.07, 6.45) is 2.03. The second kappa shape index (κ2) is 5.97. The predicted molar refractivity (Wildman–Crippen MR) is 86.1 cm³/mol. The van der Waals surface area contributed by atoms with Crippen molar-refractivity contribution in [2.24, 2.45) is 0 Å². The summed E-state index contributed by atoms with van der Waals surface area (Å²) >= 11 is 0. The zero-order valence-electron chi connectivity index (χ0n) is 12.1. The van der Waals surface area contributed by atoms with Gasteiger partial charge in [-0.25, -0.2) is 0 Å². The molecule has 1 heterocycles. The fourth-order valence-corrected chi connectivity index (χ4v) is 2.63. The number of aryl methyl sites for hydroxylation is 2. The number of benzene rings is 2. The van der Waals surface area contributed by atoms with Crippen LogP contribution in [-0.4, -0.2) is 19.5 Å². The highest BCUT2D eigenvalue weighted by atomic mass is 16.1.